The Bertz CT molecular complexity index is 426. The highest BCUT2D eigenvalue weighted by Crippen LogP contribution is 2.08. The highest BCUT2D eigenvalue weighted by molar-refractivity contribution is 5.45. The van der Waals surface area contributed by atoms with Gasteiger partial charge in [-0.15, -0.1) is 10.2 Å². The average molecular weight is 193 g/mol. The van der Waals surface area contributed by atoms with Crippen LogP contribution in [0, 0.1) is 0 Å². The lowest BCUT2D eigenvalue weighted by molar-refractivity contribution is 0.281. The summed E-state index contributed by atoms with van der Waals surface area (Å²) in [4.78, 5) is 4.00. The maximum absolute atomic E-state index is 8.90. The lowest BCUT2D eigenvalue weighted by atomic mass is 10.3. The van der Waals surface area contributed by atoms with Gasteiger partial charge in [0.25, 0.3) is 0 Å². The fourth-order valence-corrected chi connectivity index (χ4v) is 1.16. The van der Waals surface area contributed by atoms with Crippen LogP contribution in [0.25, 0.3) is 5.65 Å². The molecule has 0 fully saturated rings. The molecule has 2 aromatic rings. The number of hydrogen-bond acceptors (Lipinski definition) is 5. The molecule has 2 aromatic heterocycles. The van der Waals surface area contributed by atoms with Gasteiger partial charge in [-0.05, 0) is 6.92 Å². The van der Waals surface area contributed by atoms with Crippen molar-refractivity contribution in [2.45, 2.75) is 13.0 Å². The Morgan fingerprint density at radius 1 is 1.57 bits per heavy atom. The van der Waals surface area contributed by atoms with Gasteiger partial charge in [0, 0.05) is 6.04 Å². The summed E-state index contributed by atoms with van der Waals surface area (Å²) in [6.45, 7) is 1.95. The van der Waals surface area contributed by atoms with E-state index in [-0.39, 0.29) is 12.6 Å². The minimum Gasteiger partial charge on any atom is -0.394 e. The predicted octanol–water partition coefficient (Wildman–Crippen LogP) is -0.0830. The number of aliphatic hydroxyl groups excluding tert-OH is 1. The summed E-state index contributed by atoms with van der Waals surface area (Å²) in [6.07, 6.45) is 4.90. The quantitative estimate of drug-likeness (QED) is 0.713. The number of rotatable bonds is 3. The highest BCUT2D eigenvalue weighted by Gasteiger charge is 2.04. The van der Waals surface area contributed by atoms with Crippen LogP contribution < -0.4 is 5.32 Å². The second-order valence-electron chi connectivity index (χ2n) is 3.08. The summed E-state index contributed by atoms with van der Waals surface area (Å²) in [6, 6.07) is -0.0233. The zero-order valence-corrected chi connectivity index (χ0v) is 7.75. The van der Waals surface area contributed by atoms with E-state index in [9.17, 15) is 0 Å². The number of aromatic nitrogens is 4. The predicted molar refractivity (Wildman–Crippen MR) is 51.0 cm³/mol. The minimum absolute atomic E-state index is 0.0233. The molecule has 0 saturated carbocycles. The first-order valence-corrected chi connectivity index (χ1v) is 4.32. The lowest BCUT2D eigenvalue weighted by Crippen LogP contribution is -2.20. The molecule has 6 heteroatoms. The minimum atomic E-state index is -0.0233. The zero-order chi connectivity index (χ0) is 9.97. The van der Waals surface area contributed by atoms with Crippen LogP contribution in [0.1, 0.15) is 6.92 Å². The maximum atomic E-state index is 8.90. The normalized spacial score (nSPS) is 13.0. The Morgan fingerprint density at radius 2 is 2.43 bits per heavy atom. The standard InChI is InChI=1S/C8H11N5O/c1-6(4-14)11-7-2-9-3-8-12-10-5-13(7)8/h2-3,5-6,11,14H,4H2,1H3/t6-/m0/s1. The molecule has 0 unspecified atom stereocenters. The Balaban J connectivity index is 2.36. The molecule has 0 aromatic carbocycles. The SMILES string of the molecule is C[C@@H](CO)Nc1cncc2nncn12. The van der Waals surface area contributed by atoms with E-state index in [4.69, 9.17) is 5.11 Å². The highest BCUT2D eigenvalue weighted by atomic mass is 16.3. The topological polar surface area (TPSA) is 75.3 Å². The third kappa shape index (κ3) is 1.51. The molecule has 0 radical (unpaired) electrons. The first-order valence-electron chi connectivity index (χ1n) is 4.32. The van der Waals surface area contributed by atoms with E-state index in [0.29, 0.717) is 5.65 Å². The van der Waals surface area contributed by atoms with E-state index in [1.165, 1.54) is 0 Å². The van der Waals surface area contributed by atoms with Crippen molar-refractivity contribution in [3.8, 4) is 0 Å². The summed E-state index contributed by atoms with van der Waals surface area (Å²) < 4.78 is 1.78. The van der Waals surface area contributed by atoms with Crippen molar-refractivity contribution in [3.05, 3.63) is 18.7 Å². The second-order valence-corrected chi connectivity index (χ2v) is 3.08. The van der Waals surface area contributed by atoms with Gasteiger partial charge in [0.05, 0.1) is 19.0 Å². The molecule has 2 N–H and O–H groups in total. The summed E-state index contributed by atoms with van der Waals surface area (Å²) >= 11 is 0. The number of nitrogens with one attached hydrogen (secondary N) is 1. The third-order valence-corrected chi connectivity index (χ3v) is 1.89. The molecule has 6 nitrogen and oxygen atoms in total. The maximum Gasteiger partial charge on any atom is 0.180 e. The number of nitrogens with zero attached hydrogens (tertiary/aromatic N) is 4. The molecule has 0 aliphatic carbocycles. The van der Waals surface area contributed by atoms with E-state index >= 15 is 0 Å². The first kappa shape index (κ1) is 8.89. The van der Waals surface area contributed by atoms with Gasteiger partial charge >= 0.3 is 0 Å². The van der Waals surface area contributed by atoms with Crippen molar-refractivity contribution in [2.24, 2.45) is 0 Å². The smallest absolute Gasteiger partial charge is 0.180 e. The largest absolute Gasteiger partial charge is 0.394 e. The van der Waals surface area contributed by atoms with Gasteiger partial charge in [-0.25, -0.2) is 0 Å². The van der Waals surface area contributed by atoms with Crippen molar-refractivity contribution >= 4 is 11.5 Å². The molecule has 0 amide bonds. The number of hydrogen-bond donors (Lipinski definition) is 2. The van der Waals surface area contributed by atoms with Crippen LogP contribution >= 0.6 is 0 Å². The van der Waals surface area contributed by atoms with Crippen LogP contribution in [0.2, 0.25) is 0 Å². The fourth-order valence-electron chi connectivity index (χ4n) is 1.16. The Kier molecular flexibility index (Phi) is 2.28. The monoisotopic (exact) mass is 193 g/mol. The number of fused-ring (bicyclic) bond motifs is 1. The summed E-state index contributed by atoms with van der Waals surface area (Å²) in [7, 11) is 0. The second kappa shape index (κ2) is 3.59. The Labute approximate surface area is 80.6 Å². The molecule has 2 heterocycles. The van der Waals surface area contributed by atoms with Crippen LogP contribution in [0.4, 0.5) is 5.82 Å². The van der Waals surface area contributed by atoms with Gasteiger partial charge in [-0.2, -0.15) is 0 Å². The molecule has 0 aliphatic rings. The van der Waals surface area contributed by atoms with Crippen LogP contribution in [-0.4, -0.2) is 37.3 Å². The Morgan fingerprint density at radius 3 is 3.21 bits per heavy atom. The van der Waals surface area contributed by atoms with Crippen molar-refractivity contribution in [1.29, 1.82) is 0 Å². The van der Waals surface area contributed by atoms with Crippen LogP contribution in [0.5, 0.6) is 0 Å². The molecule has 0 spiro atoms. The molecule has 74 valence electrons. The van der Waals surface area contributed by atoms with Crippen LogP contribution in [0.15, 0.2) is 18.7 Å². The molecule has 1 atom stereocenters. The number of aliphatic hydroxyl groups is 1. The number of anilines is 1. The summed E-state index contributed by atoms with van der Waals surface area (Å²) in [5, 5.41) is 19.6. The molecule has 0 bridgehead atoms. The van der Waals surface area contributed by atoms with E-state index in [1.54, 1.807) is 23.1 Å². The molecule has 0 saturated heterocycles. The zero-order valence-electron chi connectivity index (χ0n) is 7.75. The van der Waals surface area contributed by atoms with E-state index in [0.717, 1.165) is 5.82 Å². The van der Waals surface area contributed by atoms with Gasteiger partial charge in [0.2, 0.25) is 0 Å². The molecular formula is C8H11N5O. The molecule has 0 aliphatic heterocycles. The molecular weight excluding hydrogens is 182 g/mol. The van der Waals surface area contributed by atoms with Crippen LogP contribution in [-0.2, 0) is 0 Å². The summed E-state index contributed by atoms with van der Waals surface area (Å²) in [5.74, 6) is 0.772. The van der Waals surface area contributed by atoms with Gasteiger partial charge in [-0.3, -0.25) is 9.38 Å². The van der Waals surface area contributed by atoms with Gasteiger partial charge < -0.3 is 10.4 Å². The van der Waals surface area contributed by atoms with Gasteiger partial charge in [0.1, 0.15) is 12.1 Å². The van der Waals surface area contributed by atoms with Crippen LogP contribution in [0.3, 0.4) is 0 Å². The first-order chi connectivity index (χ1) is 6.81. The van der Waals surface area contributed by atoms with Crippen molar-refractivity contribution in [1.82, 2.24) is 19.6 Å². The Hall–Kier alpha value is -1.69. The van der Waals surface area contributed by atoms with Gasteiger partial charge in [-0.1, -0.05) is 0 Å². The van der Waals surface area contributed by atoms with E-state index in [1.807, 2.05) is 6.92 Å². The molecule has 14 heavy (non-hydrogen) atoms. The average Bonchev–Trinajstić information content (AvgIpc) is 2.66. The van der Waals surface area contributed by atoms with Crippen molar-refractivity contribution in [3.63, 3.8) is 0 Å². The fraction of sp³-hybridized carbons (Fsp3) is 0.375. The van der Waals surface area contributed by atoms with Crippen molar-refractivity contribution < 1.29 is 5.11 Å². The molecule has 2 rings (SSSR count). The lowest BCUT2D eigenvalue weighted by Gasteiger charge is -2.12. The van der Waals surface area contributed by atoms with E-state index in [2.05, 4.69) is 20.5 Å². The summed E-state index contributed by atoms with van der Waals surface area (Å²) in [5.41, 5.74) is 0.681. The third-order valence-electron chi connectivity index (χ3n) is 1.89. The van der Waals surface area contributed by atoms with Gasteiger partial charge in [0.15, 0.2) is 5.65 Å². The van der Waals surface area contributed by atoms with Crippen molar-refractivity contribution in [2.75, 3.05) is 11.9 Å². The van der Waals surface area contributed by atoms with E-state index < -0.39 is 0 Å².